The SMILES string of the molecule is Cc1ccc(C(C)N(C)C(=O)c2cc(Br)c(Br)s2)s1. The van der Waals surface area contributed by atoms with Crippen molar-refractivity contribution in [1.29, 1.82) is 0 Å². The van der Waals surface area contributed by atoms with Crippen LogP contribution >= 0.6 is 54.5 Å². The lowest BCUT2D eigenvalue weighted by molar-refractivity contribution is 0.0750. The largest absolute Gasteiger partial charge is 0.333 e. The van der Waals surface area contributed by atoms with E-state index >= 15 is 0 Å². The minimum atomic E-state index is 0.0509. The van der Waals surface area contributed by atoms with Gasteiger partial charge in [-0.3, -0.25) is 4.79 Å². The lowest BCUT2D eigenvalue weighted by Crippen LogP contribution is -2.28. The Kier molecular flexibility index (Phi) is 4.87. The van der Waals surface area contributed by atoms with Gasteiger partial charge >= 0.3 is 0 Å². The van der Waals surface area contributed by atoms with Crippen LogP contribution in [0, 0.1) is 6.92 Å². The summed E-state index contributed by atoms with van der Waals surface area (Å²) < 4.78 is 1.87. The molecular formula is C13H13Br2NOS2. The Labute approximate surface area is 137 Å². The molecule has 102 valence electrons. The van der Waals surface area contributed by atoms with Crippen molar-refractivity contribution in [3.05, 3.63) is 41.1 Å². The number of hydrogen-bond donors (Lipinski definition) is 0. The quantitative estimate of drug-likeness (QED) is 0.641. The van der Waals surface area contributed by atoms with Crippen molar-refractivity contribution in [1.82, 2.24) is 4.90 Å². The van der Waals surface area contributed by atoms with Crippen LogP contribution in [0.25, 0.3) is 0 Å². The van der Waals surface area contributed by atoms with Crippen LogP contribution in [0.3, 0.4) is 0 Å². The molecule has 0 aliphatic carbocycles. The van der Waals surface area contributed by atoms with E-state index in [2.05, 4.69) is 57.8 Å². The smallest absolute Gasteiger partial charge is 0.264 e. The summed E-state index contributed by atoms with van der Waals surface area (Å²) in [6, 6.07) is 6.13. The van der Waals surface area contributed by atoms with Crippen LogP contribution in [0.2, 0.25) is 0 Å². The molecule has 0 aliphatic heterocycles. The number of nitrogens with zero attached hydrogens (tertiary/aromatic N) is 1. The zero-order valence-corrected chi connectivity index (χ0v) is 15.5. The van der Waals surface area contributed by atoms with Gasteiger partial charge in [-0.2, -0.15) is 0 Å². The molecule has 0 saturated heterocycles. The van der Waals surface area contributed by atoms with Crippen molar-refractivity contribution >= 4 is 60.4 Å². The second-order valence-corrected chi connectivity index (χ2v) is 8.82. The number of carbonyl (C=O) groups is 1. The molecule has 0 spiro atoms. The van der Waals surface area contributed by atoms with Gasteiger partial charge in [-0.1, -0.05) is 0 Å². The summed E-state index contributed by atoms with van der Waals surface area (Å²) in [4.78, 5) is 17.4. The van der Waals surface area contributed by atoms with E-state index in [9.17, 15) is 4.79 Å². The molecular weight excluding hydrogens is 410 g/mol. The molecule has 2 aromatic heterocycles. The lowest BCUT2D eigenvalue weighted by atomic mass is 10.2. The topological polar surface area (TPSA) is 20.3 Å². The molecule has 2 aromatic rings. The molecule has 0 N–H and O–H groups in total. The minimum Gasteiger partial charge on any atom is -0.333 e. The van der Waals surface area contributed by atoms with Crippen LogP contribution in [-0.4, -0.2) is 17.9 Å². The number of thiophene rings is 2. The van der Waals surface area contributed by atoms with Crippen LogP contribution in [-0.2, 0) is 0 Å². The van der Waals surface area contributed by atoms with Crippen molar-refractivity contribution < 1.29 is 4.79 Å². The van der Waals surface area contributed by atoms with Gasteiger partial charge in [0.15, 0.2) is 0 Å². The molecule has 19 heavy (non-hydrogen) atoms. The fourth-order valence-electron chi connectivity index (χ4n) is 1.67. The van der Waals surface area contributed by atoms with Crippen LogP contribution in [0.4, 0.5) is 0 Å². The third-order valence-electron chi connectivity index (χ3n) is 2.93. The Bertz CT molecular complexity index is 586. The summed E-state index contributed by atoms with van der Waals surface area (Å²) in [7, 11) is 1.85. The van der Waals surface area contributed by atoms with Crippen LogP contribution in [0.1, 0.15) is 32.4 Å². The maximum absolute atomic E-state index is 12.4. The van der Waals surface area contributed by atoms with Crippen LogP contribution in [0.15, 0.2) is 26.5 Å². The van der Waals surface area contributed by atoms with Crippen molar-refractivity contribution in [2.75, 3.05) is 7.05 Å². The second-order valence-electron chi connectivity index (χ2n) is 4.27. The van der Waals surface area contributed by atoms with Gasteiger partial charge in [0.1, 0.15) is 0 Å². The van der Waals surface area contributed by atoms with E-state index in [1.54, 1.807) is 16.2 Å². The van der Waals surface area contributed by atoms with Gasteiger partial charge in [-0.15, -0.1) is 22.7 Å². The lowest BCUT2D eigenvalue weighted by Gasteiger charge is -2.23. The number of halogens is 2. The molecule has 1 amide bonds. The van der Waals surface area contributed by atoms with Crippen LogP contribution < -0.4 is 0 Å². The molecule has 2 nitrogen and oxygen atoms in total. The molecule has 0 saturated carbocycles. The third kappa shape index (κ3) is 3.29. The van der Waals surface area contributed by atoms with Crippen LogP contribution in [0.5, 0.6) is 0 Å². The summed E-state index contributed by atoms with van der Waals surface area (Å²) in [5.41, 5.74) is 0. The summed E-state index contributed by atoms with van der Waals surface area (Å²) in [5.74, 6) is 0.0509. The van der Waals surface area contributed by atoms with Crippen molar-refractivity contribution in [2.45, 2.75) is 19.9 Å². The Balaban J connectivity index is 2.19. The molecule has 6 heteroatoms. The number of hydrogen-bond acceptors (Lipinski definition) is 3. The molecule has 0 fully saturated rings. The first-order valence-electron chi connectivity index (χ1n) is 5.68. The van der Waals surface area contributed by atoms with Gasteiger partial charge in [0.25, 0.3) is 5.91 Å². The normalized spacial score (nSPS) is 12.5. The molecule has 0 radical (unpaired) electrons. The highest BCUT2D eigenvalue weighted by Crippen LogP contribution is 2.34. The zero-order valence-electron chi connectivity index (χ0n) is 10.7. The second kappa shape index (κ2) is 6.08. The van der Waals surface area contributed by atoms with Gasteiger partial charge in [0.2, 0.25) is 0 Å². The highest BCUT2D eigenvalue weighted by atomic mass is 79.9. The summed E-state index contributed by atoms with van der Waals surface area (Å²) in [6.07, 6.45) is 0. The first kappa shape index (κ1) is 15.2. The Morgan fingerprint density at radius 2 is 2.00 bits per heavy atom. The number of rotatable bonds is 3. The summed E-state index contributed by atoms with van der Waals surface area (Å²) in [5, 5.41) is 0. The van der Waals surface area contributed by atoms with Gasteiger partial charge in [0.05, 0.1) is 14.7 Å². The van der Waals surface area contributed by atoms with E-state index in [4.69, 9.17) is 0 Å². The Hall–Kier alpha value is -0.170. The first-order chi connectivity index (χ1) is 8.90. The predicted molar refractivity (Wildman–Crippen MR) is 89.3 cm³/mol. The fraction of sp³-hybridized carbons (Fsp3) is 0.308. The van der Waals surface area contributed by atoms with Crippen molar-refractivity contribution in [3.63, 3.8) is 0 Å². The maximum atomic E-state index is 12.4. The molecule has 2 rings (SSSR count). The number of amides is 1. The molecule has 0 bridgehead atoms. The summed E-state index contributed by atoms with van der Waals surface area (Å²) in [6.45, 7) is 4.14. The first-order valence-corrected chi connectivity index (χ1v) is 8.90. The zero-order chi connectivity index (χ0) is 14.2. The van der Waals surface area contributed by atoms with E-state index in [-0.39, 0.29) is 11.9 Å². The Morgan fingerprint density at radius 3 is 2.47 bits per heavy atom. The van der Waals surface area contributed by atoms with E-state index in [1.807, 2.05) is 13.1 Å². The van der Waals surface area contributed by atoms with Gasteiger partial charge in [0, 0.05) is 21.3 Å². The highest BCUT2D eigenvalue weighted by molar-refractivity contribution is 9.13. The molecule has 2 heterocycles. The maximum Gasteiger partial charge on any atom is 0.264 e. The standard InChI is InChI=1S/C13H13Br2NOS2/c1-7-4-5-10(18-7)8(2)16(3)13(17)11-6-9(14)12(15)19-11/h4-6,8H,1-3H3. The van der Waals surface area contributed by atoms with Crippen molar-refractivity contribution in [2.24, 2.45) is 0 Å². The molecule has 0 aromatic carbocycles. The molecule has 1 unspecified atom stereocenters. The van der Waals surface area contributed by atoms with Gasteiger partial charge < -0.3 is 4.90 Å². The van der Waals surface area contributed by atoms with E-state index < -0.39 is 0 Å². The van der Waals surface area contributed by atoms with Gasteiger partial charge in [-0.25, -0.2) is 0 Å². The predicted octanol–water partition coefficient (Wildman–Crippen LogP) is 5.48. The van der Waals surface area contributed by atoms with Gasteiger partial charge in [-0.05, 0) is 63.9 Å². The monoisotopic (exact) mass is 421 g/mol. The van der Waals surface area contributed by atoms with Crippen molar-refractivity contribution in [3.8, 4) is 0 Å². The van der Waals surface area contributed by atoms with E-state index in [0.717, 1.165) is 13.1 Å². The Morgan fingerprint density at radius 1 is 1.32 bits per heavy atom. The van der Waals surface area contributed by atoms with E-state index in [1.165, 1.54) is 21.1 Å². The summed E-state index contributed by atoms with van der Waals surface area (Å²) >= 11 is 10.0. The van der Waals surface area contributed by atoms with E-state index in [0.29, 0.717) is 0 Å². The third-order valence-corrected chi connectivity index (χ3v) is 7.35. The molecule has 0 aliphatic rings. The highest BCUT2D eigenvalue weighted by Gasteiger charge is 2.22. The number of aryl methyl sites for hydroxylation is 1. The average molecular weight is 423 g/mol. The number of carbonyl (C=O) groups excluding carboxylic acids is 1. The fourth-order valence-corrected chi connectivity index (χ4v) is 4.66. The minimum absolute atomic E-state index is 0.0509. The average Bonchev–Trinajstić information content (AvgIpc) is 2.94. The molecule has 1 atom stereocenters.